The highest BCUT2D eigenvalue weighted by molar-refractivity contribution is 5.94. The van der Waals surface area contributed by atoms with Crippen LogP contribution in [0.15, 0.2) is 0 Å². The molecule has 30 heavy (non-hydrogen) atoms. The van der Waals surface area contributed by atoms with Crippen molar-refractivity contribution in [1.29, 1.82) is 0 Å². The Labute approximate surface area is 172 Å². The number of nitrogens with one attached hydrogen (secondary N) is 2. The Balaban J connectivity index is 2.92. The Bertz CT molecular complexity index is 671. The molecular formula is C17H29N5O8. The van der Waals surface area contributed by atoms with Gasteiger partial charge in [0.1, 0.15) is 24.2 Å². The van der Waals surface area contributed by atoms with Gasteiger partial charge in [0, 0.05) is 13.0 Å². The van der Waals surface area contributed by atoms with E-state index in [2.05, 4.69) is 10.6 Å². The van der Waals surface area contributed by atoms with Gasteiger partial charge in [0.05, 0.1) is 12.7 Å². The SMILES string of the molecule is CC(O)C(N)C(=O)N1CCCC1C(=O)NC(CCC(N)=O)C(=O)NC(CO)C(=O)O. The summed E-state index contributed by atoms with van der Waals surface area (Å²) < 4.78 is 0. The molecule has 0 aromatic carbocycles. The number of hydrogen-bond donors (Lipinski definition) is 7. The van der Waals surface area contributed by atoms with Crippen molar-refractivity contribution in [2.45, 2.75) is 62.9 Å². The third-order valence-electron chi connectivity index (χ3n) is 4.75. The topological polar surface area (TPSA) is 225 Å². The molecule has 1 aliphatic heterocycles. The molecule has 0 aliphatic carbocycles. The van der Waals surface area contributed by atoms with E-state index in [1.807, 2.05) is 0 Å². The lowest BCUT2D eigenvalue weighted by molar-refractivity contribution is -0.144. The maximum absolute atomic E-state index is 12.7. The highest BCUT2D eigenvalue weighted by atomic mass is 16.4. The quantitative estimate of drug-likeness (QED) is 0.169. The fourth-order valence-electron chi connectivity index (χ4n) is 2.98. The summed E-state index contributed by atoms with van der Waals surface area (Å²) in [6, 6.07) is -5.08. The minimum absolute atomic E-state index is 0.210. The molecule has 1 rings (SSSR count). The predicted molar refractivity (Wildman–Crippen MR) is 101 cm³/mol. The summed E-state index contributed by atoms with van der Waals surface area (Å²) in [5.41, 5.74) is 10.7. The zero-order valence-electron chi connectivity index (χ0n) is 16.6. The lowest BCUT2D eigenvalue weighted by Gasteiger charge is -2.29. The van der Waals surface area contributed by atoms with Crippen molar-refractivity contribution in [3.63, 3.8) is 0 Å². The van der Waals surface area contributed by atoms with E-state index >= 15 is 0 Å². The molecule has 13 heteroatoms. The van der Waals surface area contributed by atoms with Crippen LogP contribution in [0.25, 0.3) is 0 Å². The smallest absolute Gasteiger partial charge is 0.328 e. The number of aliphatic hydroxyl groups excluding tert-OH is 2. The highest BCUT2D eigenvalue weighted by Gasteiger charge is 2.38. The van der Waals surface area contributed by atoms with Gasteiger partial charge in [-0.3, -0.25) is 19.2 Å². The summed E-state index contributed by atoms with van der Waals surface area (Å²) in [4.78, 5) is 60.9. The van der Waals surface area contributed by atoms with Crippen molar-refractivity contribution in [2.75, 3.05) is 13.2 Å². The van der Waals surface area contributed by atoms with Crippen molar-refractivity contribution in [3.8, 4) is 0 Å². The van der Waals surface area contributed by atoms with E-state index in [1.165, 1.54) is 11.8 Å². The molecule has 13 nitrogen and oxygen atoms in total. The molecule has 170 valence electrons. The first-order chi connectivity index (χ1) is 14.0. The third-order valence-corrected chi connectivity index (χ3v) is 4.75. The summed E-state index contributed by atoms with van der Waals surface area (Å²) in [5, 5.41) is 32.0. The summed E-state index contributed by atoms with van der Waals surface area (Å²) in [6.45, 7) is 0.707. The zero-order valence-corrected chi connectivity index (χ0v) is 16.6. The Morgan fingerprint density at radius 3 is 2.30 bits per heavy atom. The number of aliphatic carboxylic acids is 1. The molecule has 5 atom stereocenters. The van der Waals surface area contributed by atoms with Crippen LogP contribution in [0.3, 0.4) is 0 Å². The van der Waals surface area contributed by atoms with Crippen LogP contribution in [-0.4, -0.2) is 93.2 Å². The van der Waals surface area contributed by atoms with Crippen molar-refractivity contribution < 1.29 is 39.3 Å². The normalized spacial score (nSPS) is 20.0. The fourth-order valence-corrected chi connectivity index (χ4v) is 2.98. The van der Waals surface area contributed by atoms with E-state index < -0.39 is 66.5 Å². The average Bonchev–Trinajstić information content (AvgIpc) is 3.17. The number of aliphatic hydroxyl groups is 2. The van der Waals surface area contributed by atoms with Crippen molar-refractivity contribution in [1.82, 2.24) is 15.5 Å². The molecule has 5 unspecified atom stereocenters. The van der Waals surface area contributed by atoms with Crippen LogP contribution in [0.5, 0.6) is 0 Å². The first-order valence-corrected chi connectivity index (χ1v) is 9.46. The van der Waals surface area contributed by atoms with E-state index in [0.29, 0.717) is 12.8 Å². The van der Waals surface area contributed by atoms with Gasteiger partial charge in [-0.2, -0.15) is 0 Å². The van der Waals surface area contributed by atoms with Crippen molar-refractivity contribution in [2.24, 2.45) is 11.5 Å². The molecule has 0 aromatic heterocycles. The number of carbonyl (C=O) groups is 5. The lowest BCUT2D eigenvalue weighted by atomic mass is 10.1. The molecule has 0 spiro atoms. The number of carboxylic acid groups (broad SMARTS) is 1. The van der Waals surface area contributed by atoms with Crippen LogP contribution in [0.4, 0.5) is 0 Å². The van der Waals surface area contributed by atoms with E-state index in [9.17, 15) is 29.1 Å². The minimum atomic E-state index is -1.60. The Morgan fingerprint density at radius 1 is 1.17 bits per heavy atom. The fraction of sp³-hybridized carbons (Fsp3) is 0.706. The Hall–Kier alpha value is -2.77. The maximum atomic E-state index is 12.7. The molecule has 1 fully saturated rings. The molecule has 0 radical (unpaired) electrons. The van der Waals surface area contributed by atoms with Crippen LogP contribution >= 0.6 is 0 Å². The van der Waals surface area contributed by atoms with Gasteiger partial charge < -0.3 is 42.3 Å². The second-order valence-electron chi connectivity index (χ2n) is 7.10. The summed E-state index contributed by atoms with van der Waals surface area (Å²) in [6.07, 6.45) is -0.807. The first kappa shape index (κ1) is 25.3. The molecule has 0 bridgehead atoms. The summed E-state index contributed by atoms with van der Waals surface area (Å²) in [5.74, 6) is -4.46. The second kappa shape index (κ2) is 11.4. The van der Waals surface area contributed by atoms with Gasteiger partial charge in [-0.25, -0.2) is 4.79 Å². The molecule has 1 aliphatic rings. The average molecular weight is 431 g/mol. The van der Waals surface area contributed by atoms with Gasteiger partial charge in [-0.05, 0) is 26.2 Å². The lowest BCUT2D eigenvalue weighted by Crippen LogP contribution is -2.58. The van der Waals surface area contributed by atoms with Crippen LogP contribution in [0, 0.1) is 0 Å². The number of primary amides is 1. The van der Waals surface area contributed by atoms with E-state index in [1.54, 1.807) is 0 Å². The van der Waals surface area contributed by atoms with Crippen molar-refractivity contribution in [3.05, 3.63) is 0 Å². The second-order valence-corrected chi connectivity index (χ2v) is 7.10. The predicted octanol–water partition coefficient (Wildman–Crippen LogP) is -4.00. The van der Waals surface area contributed by atoms with Crippen LogP contribution < -0.4 is 22.1 Å². The molecular weight excluding hydrogens is 402 g/mol. The first-order valence-electron chi connectivity index (χ1n) is 9.46. The van der Waals surface area contributed by atoms with Crippen LogP contribution in [-0.2, 0) is 24.0 Å². The number of hydrogen-bond acceptors (Lipinski definition) is 8. The van der Waals surface area contributed by atoms with Gasteiger partial charge in [0.25, 0.3) is 0 Å². The Kier molecular flexibility index (Phi) is 9.62. The number of likely N-dealkylation sites (tertiary alicyclic amines) is 1. The minimum Gasteiger partial charge on any atom is -0.480 e. The highest BCUT2D eigenvalue weighted by Crippen LogP contribution is 2.19. The van der Waals surface area contributed by atoms with E-state index in [4.69, 9.17) is 21.7 Å². The summed E-state index contributed by atoms with van der Waals surface area (Å²) in [7, 11) is 0. The van der Waals surface area contributed by atoms with Crippen molar-refractivity contribution >= 4 is 29.6 Å². The zero-order chi connectivity index (χ0) is 23.0. The number of nitrogens with zero attached hydrogens (tertiary/aromatic N) is 1. The number of rotatable bonds is 11. The molecule has 1 saturated heterocycles. The summed E-state index contributed by atoms with van der Waals surface area (Å²) >= 11 is 0. The molecule has 0 saturated carbocycles. The van der Waals surface area contributed by atoms with E-state index in [-0.39, 0.29) is 19.4 Å². The van der Waals surface area contributed by atoms with Crippen LogP contribution in [0.1, 0.15) is 32.6 Å². The monoisotopic (exact) mass is 431 g/mol. The molecule has 4 amide bonds. The maximum Gasteiger partial charge on any atom is 0.328 e. The molecule has 1 heterocycles. The standard InChI is InChI=1S/C17H29N5O8/c1-8(24)13(19)16(28)22-6-2-3-11(22)15(27)20-9(4-5-12(18)25)14(26)21-10(7-23)17(29)30/h8-11,13,23-24H,2-7,19H2,1H3,(H2,18,25)(H,20,27)(H,21,26)(H,29,30). The van der Waals surface area contributed by atoms with Gasteiger partial charge in [0.2, 0.25) is 23.6 Å². The van der Waals surface area contributed by atoms with Crippen LogP contribution in [0.2, 0.25) is 0 Å². The van der Waals surface area contributed by atoms with E-state index in [0.717, 1.165) is 0 Å². The largest absolute Gasteiger partial charge is 0.480 e. The van der Waals surface area contributed by atoms with Gasteiger partial charge >= 0.3 is 5.97 Å². The number of nitrogens with two attached hydrogens (primary N) is 2. The third kappa shape index (κ3) is 6.93. The number of carboxylic acids is 1. The molecule has 9 N–H and O–H groups in total. The van der Waals surface area contributed by atoms with Gasteiger partial charge in [-0.15, -0.1) is 0 Å². The number of amides is 4. The molecule has 0 aromatic rings. The Morgan fingerprint density at radius 2 is 1.80 bits per heavy atom. The van der Waals surface area contributed by atoms with Gasteiger partial charge in [0.15, 0.2) is 0 Å². The number of carbonyl (C=O) groups excluding carboxylic acids is 4. The van der Waals surface area contributed by atoms with Gasteiger partial charge in [-0.1, -0.05) is 0 Å².